The number of pyridine rings is 1. The summed E-state index contributed by atoms with van der Waals surface area (Å²) in [7, 11) is 1.74. The van der Waals surface area contributed by atoms with Gasteiger partial charge in [-0.25, -0.2) is 0 Å². The standard InChI is InChI=1S/C43H51N3O5/c1-27-12-11-13-28(2)41(27)51-38-21-16-33(30(4)46(31(5)47)29(3)32-14-9-8-10-15-32)24-36(38)37-26-45(7)40(48)25-39(37)50-35-19-17-34(18-20-35)44-42(49)43(6)22-23-43/h8-16,21,24-26,29-30,34-35H,17-20,22-23H2,1-7H3,(H,44,49)/t29?,30?,34-,35-. The van der Waals surface area contributed by atoms with Gasteiger partial charge in [-0.1, -0.05) is 61.5 Å². The van der Waals surface area contributed by atoms with Gasteiger partial charge >= 0.3 is 0 Å². The fourth-order valence-electron chi connectivity index (χ4n) is 7.30. The smallest absolute Gasteiger partial charge is 0.254 e. The zero-order chi connectivity index (χ0) is 36.4. The summed E-state index contributed by atoms with van der Waals surface area (Å²) in [6.45, 7) is 11.8. The molecule has 0 aliphatic heterocycles. The van der Waals surface area contributed by atoms with Crippen molar-refractivity contribution in [3.63, 3.8) is 0 Å². The Hall–Kier alpha value is -4.85. The second kappa shape index (κ2) is 14.8. The number of carbonyl (C=O) groups excluding carboxylic acids is 2. The van der Waals surface area contributed by atoms with Gasteiger partial charge in [-0.3, -0.25) is 14.4 Å². The number of hydrogen-bond donors (Lipinski definition) is 1. The molecule has 2 fully saturated rings. The third kappa shape index (κ3) is 7.90. The predicted octanol–water partition coefficient (Wildman–Crippen LogP) is 8.74. The molecule has 4 aromatic rings. The maximum atomic E-state index is 13.2. The largest absolute Gasteiger partial charge is 0.490 e. The zero-order valence-corrected chi connectivity index (χ0v) is 31.0. The van der Waals surface area contributed by atoms with Gasteiger partial charge in [-0.05, 0) is 101 Å². The highest BCUT2D eigenvalue weighted by atomic mass is 16.5. The van der Waals surface area contributed by atoms with Crippen molar-refractivity contribution >= 4 is 11.8 Å². The molecule has 1 aromatic heterocycles. The molecule has 0 saturated heterocycles. The molecule has 8 nitrogen and oxygen atoms in total. The first-order chi connectivity index (χ1) is 24.3. The molecule has 2 aliphatic carbocycles. The van der Waals surface area contributed by atoms with E-state index in [9.17, 15) is 14.4 Å². The summed E-state index contributed by atoms with van der Waals surface area (Å²) in [5.41, 5.74) is 5.13. The first-order valence-electron chi connectivity index (χ1n) is 18.2. The lowest BCUT2D eigenvalue weighted by molar-refractivity contribution is -0.133. The van der Waals surface area contributed by atoms with E-state index >= 15 is 0 Å². The number of ether oxygens (including phenoxy) is 2. The van der Waals surface area contributed by atoms with Crippen molar-refractivity contribution < 1.29 is 19.1 Å². The molecule has 2 amide bonds. The Morgan fingerprint density at radius 3 is 2.12 bits per heavy atom. The molecule has 0 spiro atoms. The SMILES string of the molecule is CC(=O)N(C(C)c1ccccc1)C(C)c1ccc(Oc2c(C)cccc2C)c(-c2cn(C)c(=O)cc2O[C@H]2CC[C@H](NC(=O)C3(C)CC3)CC2)c1. The van der Waals surface area contributed by atoms with Crippen LogP contribution in [0.4, 0.5) is 0 Å². The monoisotopic (exact) mass is 689 g/mol. The van der Waals surface area contributed by atoms with Gasteiger partial charge in [-0.2, -0.15) is 0 Å². The Balaban J connectivity index is 1.36. The highest BCUT2D eigenvalue weighted by molar-refractivity contribution is 5.85. The van der Waals surface area contributed by atoms with Crippen LogP contribution in [0, 0.1) is 19.3 Å². The van der Waals surface area contributed by atoms with Crippen LogP contribution in [0.25, 0.3) is 11.1 Å². The van der Waals surface area contributed by atoms with E-state index in [0.29, 0.717) is 11.5 Å². The van der Waals surface area contributed by atoms with E-state index in [4.69, 9.17) is 9.47 Å². The summed E-state index contributed by atoms with van der Waals surface area (Å²) in [4.78, 5) is 40.9. The maximum Gasteiger partial charge on any atom is 0.254 e. The van der Waals surface area contributed by atoms with Crippen LogP contribution in [-0.2, 0) is 16.6 Å². The van der Waals surface area contributed by atoms with Gasteiger partial charge in [0.15, 0.2) is 0 Å². The maximum absolute atomic E-state index is 13.2. The Bertz CT molecular complexity index is 1940. The van der Waals surface area contributed by atoms with Gasteiger partial charge in [0.1, 0.15) is 17.2 Å². The summed E-state index contributed by atoms with van der Waals surface area (Å²) in [6, 6.07) is 23.4. The topological polar surface area (TPSA) is 89.9 Å². The second-order valence-electron chi connectivity index (χ2n) is 14.9. The van der Waals surface area contributed by atoms with Crippen molar-refractivity contribution in [2.45, 2.75) is 104 Å². The number of nitrogens with zero attached hydrogens (tertiary/aromatic N) is 2. The average molecular weight is 690 g/mol. The van der Waals surface area contributed by atoms with Crippen LogP contribution in [0.2, 0.25) is 0 Å². The average Bonchev–Trinajstić information content (AvgIpc) is 3.87. The van der Waals surface area contributed by atoms with Crippen molar-refractivity contribution in [3.8, 4) is 28.4 Å². The molecular weight excluding hydrogens is 638 g/mol. The molecule has 2 saturated carbocycles. The molecule has 0 radical (unpaired) electrons. The zero-order valence-electron chi connectivity index (χ0n) is 31.0. The molecule has 1 heterocycles. The summed E-state index contributed by atoms with van der Waals surface area (Å²) < 4.78 is 15.0. The molecule has 2 atom stereocenters. The van der Waals surface area contributed by atoms with E-state index in [-0.39, 0.29) is 47.0 Å². The number of benzene rings is 3. The summed E-state index contributed by atoms with van der Waals surface area (Å²) in [5.74, 6) is 2.02. The molecule has 1 N–H and O–H groups in total. The quantitative estimate of drug-likeness (QED) is 0.170. The Labute approximate surface area is 301 Å². The Morgan fingerprint density at radius 1 is 0.843 bits per heavy atom. The van der Waals surface area contributed by atoms with E-state index in [2.05, 4.69) is 18.3 Å². The van der Waals surface area contributed by atoms with E-state index in [1.807, 2.05) is 99.5 Å². The van der Waals surface area contributed by atoms with Gasteiger partial charge in [0.25, 0.3) is 5.56 Å². The fraction of sp³-hybridized carbons (Fsp3) is 0.419. The third-order valence-corrected chi connectivity index (χ3v) is 10.9. The number of amides is 2. The van der Waals surface area contributed by atoms with Gasteiger partial charge in [0.05, 0.1) is 18.2 Å². The number of aryl methyl sites for hydroxylation is 3. The van der Waals surface area contributed by atoms with Gasteiger partial charge in [0, 0.05) is 48.8 Å². The van der Waals surface area contributed by atoms with E-state index in [1.54, 1.807) is 24.6 Å². The molecule has 2 aliphatic rings. The minimum atomic E-state index is -0.272. The summed E-state index contributed by atoms with van der Waals surface area (Å²) in [6.07, 6.45) is 6.80. The first kappa shape index (κ1) is 36.0. The lowest BCUT2D eigenvalue weighted by Gasteiger charge is -2.35. The summed E-state index contributed by atoms with van der Waals surface area (Å²) >= 11 is 0. The number of para-hydroxylation sites is 1. The van der Waals surface area contributed by atoms with E-state index in [1.165, 1.54) is 0 Å². The Morgan fingerprint density at radius 2 is 1.49 bits per heavy atom. The van der Waals surface area contributed by atoms with Crippen molar-refractivity contribution in [1.29, 1.82) is 0 Å². The van der Waals surface area contributed by atoms with Crippen LogP contribution in [0.1, 0.15) is 101 Å². The van der Waals surface area contributed by atoms with Crippen molar-refractivity contribution in [2.75, 3.05) is 0 Å². The number of rotatable bonds is 11. The van der Waals surface area contributed by atoms with Crippen LogP contribution < -0.4 is 20.3 Å². The molecular formula is C43H51N3O5. The number of aromatic nitrogens is 1. The molecule has 51 heavy (non-hydrogen) atoms. The third-order valence-electron chi connectivity index (χ3n) is 10.9. The molecule has 3 aromatic carbocycles. The fourth-order valence-corrected chi connectivity index (χ4v) is 7.30. The van der Waals surface area contributed by atoms with Crippen LogP contribution in [0.15, 0.2) is 83.8 Å². The summed E-state index contributed by atoms with van der Waals surface area (Å²) in [5, 5.41) is 3.26. The van der Waals surface area contributed by atoms with Crippen LogP contribution in [-0.4, -0.2) is 33.4 Å². The number of hydrogen-bond acceptors (Lipinski definition) is 5. The molecule has 6 rings (SSSR count). The van der Waals surface area contributed by atoms with Crippen LogP contribution in [0.3, 0.4) is 0 Å². The van der Waals surface area contributed by atoms with Crippen molar-refractivity contribution in [2.24, 2.45) is 12.5 Å². The minimum absolute atomic E-state index is 0.0274. The highest BCUT2D eigenvalue weighted by Crippen LogP contribution is 2.46. The lowest BCUT2D eigenvalue weighted by Crippen LogP contribution is -2.42. The van der Waals surface area contributed by atoms with Crippen LogP contribution >= 0.6 is 0 Å². The highest BCUT2D eigenvalue weighted by Gasteiger charge is 2.45. The van der Waals surface area contributed by atoms with E-state index < -0.39 is 0 Å². The van der Waals surface area contributed by atoms with Gasteiger partial charge in [-0.15, -0.1) is 0 Å². The van der Waals surface area contributed by atoms with Crippen molar-refractivity contribution in [3.05, 3.63) is 112 Å². The minimum Gasteiger partial charge on any atom is -0.490 e. The molecule has 2 unspecified atom stereocenters. The molecule has 268 valence electrons. The predicted molar refractivity (Wildman–Crippen MR) is 201 cm³/mol. The lowest BCUT2D eigenvalue weighted by atomic mass is 9.92. The normalized spacial score (nSPS) is 19.0. The van der Waals surface area contributed by atoms with Crippen LogP contribution in [0.5, 0.6) is 17.2 Å². The molecule has 0 bridgehead atoms. The Kier molecular flexibility index (Phi) is 10.4. The van der Waals surface area contributed by atoms with Crippen molar-refractivity contribution in [1.82, 2.24) is 14.8 Å². The van der Waals surface area contributed by atoms with E-state index in [0.717, 1.165) is 77.7 Å². The molecule has 8 heteroatoms. The van der Waals surface area contributed by atoms with Gasteiger partial charge in [0.2, 0.25) is 11.8 Å². The number of carbonyl (C=O) groups is 2. The number of nitrogens with one attached hydrogen (secondary N) is 1. The van der Waals surface area contributed by atoms with Gasteiger partial charge < -0.3 is 24.3 Å². The first-order valence-corrected chi connectivity index (χ1v) is 18.2. The second-order valence-corrected chi connectivity index (χ2v) is 14.9.